The van der Waals surface area contributed by atoms with Crippen LogP contribution in [0.15, 0.2) is 122 Å². The maximum Gasteiger partial charge on any atom is 0.306 e. The number of rotatable bonds is 55. The lowest BCUT2D eigenvalue weighted by molar-refractivity contribution is -0.167. The van der Waals surface area contributed by atoms with E-state index in [4.69, 9.17) is 14.2 Å². The topological polar surface area (TPSA) is 78.9 Å². The number of allylic oxidation sites excluding steroid dienone is 20. The summed E-state index contributed by atoms with van der Waals surface area (Å²) in [4.78, 5) is 37.9. The number of hydrogen-bond acceptors (Lipinski definition) is 6. The molecule has 1 unspecified atom stereocenters. The number of hydrogen-bond donors (Lipinski definition) is 0. The van der Waals surface area contributed by atoms with Crippen LogP contribution >= 0.6 is 0 Å². The summed E-state index contributed by atoms with van der Waals surface area (Å²) in [5.41, 5.74) is 0. The van der Waals surface area contributed by atoms with Crippen LogP contribution in [0.5, 0.6) is 0 Å². The lowest BCUT2D eigenvalue weighted by atomic mass is 10.0. The summed E-state index contributed by atoms with van der Waals surface area (Å²) in [6.45, 7) is 6.32. The zero-order valence-corrected chi connectivity index (χ0v) is 48.8. The standard InChI is InChI=1S/C69H114O6/c1-4-7-10-13-15-17-19-21-23-25-27-29-31-32-33-34-35-36-38-39-41-43-45-47-49-51-53-56-59-62-68(71)74-65-66(64-73-67(70)61-58-55-12-9-6-3)75-69(72)63-60-57-54-52-50-48-46-44-42-40-37-30-28-26-24-22-20-18-16-14-11-8-5-2/h7-8,10-11,15-18,21-24,27-30,40,42,46,48,66H,4-6,9,12-14,19-20,25-26,31-39,41,43-45,47,49-65H2,1-3H3/b10-7-,11-8-,17-15-,18-16-,23-21-,24-22-,29-27-,30-28-,42-40-,48-46-. The van der Waals surface area contributed by atoms with Gasteiger partial charge in [-0.15, -0.1) is 0 Å². The van der Waals surface area contributed by atoms with Crippen molar-refractivity contribution in [3.05, 3.63) is 122 Å². The number of ether oxygens (including phenoxy) is 3. The third-order valence-electron chi connectivity index (χ3n) is 13.0. The van der Waals surface area contributed by atoms with E-state index in [2.05, 4.69) is 142 Å². The van der Waals surface area contributed by atoms with E-state index < -0.39 is 6.10 Å². The largest absolute Gasteiger partial charge is 0.462 e. The average molecular weight is 1040 g/mol. The first-order chi connectivity index (χ1) is 37.0. The molecule has 0 rings (SSSR count). The van der Waals surface area contributed by atoms with Crippen molar-refractivity contribution in [2.45, 2.75) is 284 Å². The van der Waals surface area contributed by atoms with Crippen LogP contribution in [0.4, 0.5) is 0 Å². The molecule has 0 aromatic carbocycles. The van der Waals surface area contributed by atoms with Gasteiger partial charge >= 0.3 is 17.9 Å². The molecule has 426 valence electrons. The molecular weight excluding hydrogens is 925 g/mol. The second-order valence-electron chi connectivity index (χ2n) is 20.2. The van der Waals surface area contributed by atoms with Crippen molar-refractivity contribution in [2.24, 2.45) is 0 Å². The Bertz CT molecular complexity index is 1570. The second kappa shape index (κ2) is 62.4. The smallest absolute Gasteiger partial charge is 0.306 e. The van der Waals surface area contributed by atoms with E-state index >= 15 is 0 Å². The Balaban J connectivity index is 4.09. The molecule has 0 heterocycles. The van der Waals surface area contributed by atoms with Crippen LogP contribution in [0, 0.1) is 0 Å². The van der Waals surface area contributed by atoms with Gasteiger partial charge in [0.1, 0.15) is 13.2 Å². The Labute approximate surface area is 462 Å². The second-order valence-corrected chi connectivity index (χ2v) is 20.2. The van der Waals surface area contributed by atoms with Gasteiger partial charge in [0.25, 0.3) is 0 Å². The van der Waals surface area contributed by atoms with E-state index in [-0.39, 0.29) is 31.1 Å². The van der Waals surface area contributed by atoms with Crippen molar-refractivity contribution in [1.29, 1.82) is 0 Å². The first kappa shape index (κ1) is 70.8. The summed E-state index contributed by atoms with van der Waals surface area (Å²) < 4.78 is 16.7. The molecule has 0 aromatic heterocycles. The Morgan fingerprint density at radius 1 is 0.280 bits per heavy atom. The Morgan fingerprint density at radius 3 is 0.813 bits per heavy atom. The van der Waals surface area contributed by atoms with Crippen LogP contribution in [0.1, 0.15) is 278 Å². The van der Waals surface area contributed by atoms with Crippen LogP contribution in [-0.4, -0.2) is 37.2 Å². The summed E-state index contributed by atoms with van der Waals surface area (Å²) in [5, 5.41) is 0. The molecule has 0 N–H and O–H groups in total. The highest BCUT2D eigenvalue weighted by atomic mass is 16.6. The fourth-order valence-electron chi connectivity index (χ4n) is 8.38. The molecule has 0 aromatic rings. The van der Waals surface area contributed by atoms with Crippen molar-refractivity contribution in [1.82, 2.24) is 0 Å². The van der Waals surface area contributed by atoms with Gasteiger partial charge in [0.2, 0.25) is 0 Å². The summed E-state index contributed by atoms with van der Waals surface area (Å²) >= 11 is 0. The molecule has 6 heteroatoms. The predicted octanol–water partition coefficient (Wildman–Crippen LogP) is 21.2. The van der Waals surface area contributed by atoms with Gasteiger partial charge in [0, 0.05) is 19.3 Å². The molecule has 0 amide bonds. The van der Waals surface area contributed by atoms with Gasteiger partial charge in [-0.05, 0) is 109 Å². The highest BCUT2D eigenvalue weighted by Gasteiger charge is 2.19. The summed E-state index contributed by atoms with van der Waals surface area (Å²) in [5.74, 6) is -0.926. The molecule has 0 spiro atoms. The van der Waals surface area contributed by atoms with Crippen molar-refractivity contribution >= 4 is 17.9 Å². The Morgan fingerprint density at radius 2 is 0.520 bits per heavy atom. The van der Waals surface area contributed by atoms with Gasteiger partial charge in [-0.2, -0.15) is 0 Å². The first-order valence-electron chi connectivity index (χ1n) is 31.0. The fourth-order valence-corrected chi connectivity index (χ4v) is 8.38. The van der Waals surface area contributed by atoms with E-state index in [1.165, 1.54) is 96.3 Å². The van der Waals surface area contributed by atoms with Crippen LogP contribution in [-0.2, 0) is 28.6 Å². The average Bonchev–Trinajstić information content (AvgIpc) is 3.41. The quantitative estimate of drug-likeness (QED) is 0.0261. The SMILES string of the molecule is CC/C=C\C/C=C\C/C=C\C/C=C\C/C=C\C/C=C\CCCCCCC(=O)OC(COC(=O)CCCCCCC)COC(=O)CCCCCCCCCCCCCCCCCC/C=C\C/C=C\C/C=C\C/C=C\CC. The van der Waals surface area contributed by atoms with Crippen molar-refractivity contribution < 1.29 is 28.6 Å². The molecule has 1 atom stereocenters. The molecule has 0 radical (unpaired) electrons. The van der Waals surface area contributed by atoms with Crippen LogP contribution in [0.25, 0.3) is 0 Å². The van der Waals surface area contributed by atoms with E-state index in [9.17, 15) is 14.4 Å². The van der Waals surface area contributed by atoms with Gasteiger partial charge in [-0.25, -0.2) is 0 Å². The third kappa shape index (κ3) is 60.6. The molecule has 0 aliphatic rings. The molecule has 0 aliphatic carbocycles. The van der Waals surface area contributed by atoms with E-state index in [1.54, 1.807) is 0 Å². The van der Waals surface area contributed by atoms with Crippen LogP contribution in [0.2, 0.25) is 0 Å². The van der Waals surface area contributed by atoms with Gasteiger partial charge in [-0.3, -0.25) is 14.4 Å². The van der Waals surface area contributed by atoms with Crippen molar-refractivity contribution in [3.63, 3.8) is 0 Å². The zero-order valence-electron chi connectivity index (χ0n) is 48.8. The number of esters is 3. The minimum Gasteiger partial charge on any atom is -0.462 e. The number of unbranched alkanes of at least 4 members (excludes halogenated alkanes) is 24. The monoisotopic (exact) mass is 1040 g/mol. The van der Waals surface area contributed by atoms with Crippen molar-refractivity contribution in [3.8, 4) is 0 Å². The van der Waals surface area contributed by atoms with E-state index in [0.717, 1.165) is 141 Å². The molecule has 0 saturated heterocycles. The van der Waals surface area contributed by atoms with E-state index in [0.29, 0.717) is 19.3 Å². The minimum absolute atomic E-state index is 0.0892. The van der Waals surface area contributed by atoms with Crippen LogP contribution in [0.3, 0.4) is 0 Å². The lowest BCUT2D eigenvalue weighted by Gasteiger charge is -2.18. The summed E-state index contributed by atoms with van der Waals surface area (Å²) in [6.07, 6.45) is 86.8. The normalized spacial score (nSPS) is 12.9. The fraction of sp³-hybridized carbons (Fsp3) is 0.667. The summed E-state index contributed by atoms with van der Waals surface area (Å²) in [7, 11) is 0. The molecular formula is C69H114O6. The van der Waals surface area contributed by atoms with Crippen molar-refractivity contribution in [2.75, 3.05) is 13.2 Å². The van der Waals surface area contributed by atoms with Gasteiger partial charge in [0.15, 0.2) is 6.10 Å². The molecule has 75 heavy (non-hydrogen) atoms. The highest BCUT2D eigenvalue weighted by Crippen LogP contribution is 2.16. The molecule has 0 saturated carbocycles. The highest BCUT2D eigenvalue weighted by molar-refractivity contribution is 5.71. The Hall–Kier alpha value is -4.19. The minimum atomic E-state index is -0.790. The zero-order chi connectivity index (χ0) is 54.3. The Kier molecular flexibility index (Phi) is 58.9. The molecule has 0 bridgehead atoms. The maximum absolute atomic E-state index is 12.8. The lowest BCUT2D eigenvalue weighted by Crippen LogP contribution is -2.30. The number of carbonyl (C=O) groups excluding carboxylic acids is 3. The molecule has 6 nitrogen and oxygen atoms in total. The molecule has 0 fully saturated rings. The van der Waals surface area contributed by atoms with Crippen LogP contribution < -0.4 is 0 Å². The third-order valence-corrected chi connectivity index (χ3v) is 13.0. The predicted molar refractivity (Wildman–Crippen MR) is 325 cm³/mol. The van der Waals surface area contributed by atoms with Gasteiger partial charge < -0.3 is 14.2 Å². The maximum atomic E-state index is 12.8. The van der Waals surface area contributed by atoms with Gasteiger partial charge in [0.05, 0.1) is 0 Å². The molecule has 0 aliphatic heterocycles. The van der Waals surface area contributed by atoms with E-state index in [1.807, 2.05) is 0 Å². The van der Waals surface area contributed by atoms with Gasteiger partial charge in [-0.1, -0.05) is 271 Å². The summed E-state index contributed by atoms with van der Waals surface area (Å²) in [6, 6.07) is 0. The number of carbonyl (C=O) groups is 3. The first-order valence-corrected chi connectivity index (χ1v) is 31.0.